The highest BCUT2D eigenvalue weighted by Crippen LogP contribution is 2.12. The summed E-state index contributed by atoms with van der Waals surface area (Å²) in [5.41, 5.74) is 11.0. The number of carbonyl (C=O) groups excluding carboxylic acids is 1. The quantitative estimate of drug-likeness (QED) is 0.356. The molecule has 5 nitrogen and oxygen atoms in total. The molecule has 0 aliphatic heterocycles. The van der Waals surface area contributed by atoms with Gasteiger partial charge in [0, 0.05) is 23.6 Å². The van der Waals surface area contributed by atoms with Crippen LogP contribution in [0.4, 0.5) is 0 Å². The van der Waals surface area contributed by atoms with E-state index in [1.54, 1.807) is 0 Å². The second-order valence-electron chi connectivity index (χ2n) is 4.16. The Balaban J connectivity index is 2.41. The molecule has 0 bridgehead atoms. The summed E-state index contributed by atoms with van der Waals surface area (Å²) >= 11 is 0. The zero-order valence-corrected chi connectivity index (χ0v) is 10.8. The molecule has 1 rings (SSSR count). The van der Waals surface area contributed by atoms with E-state index in [1.165, 1.54) is 0 Å². The average Bonchev–Trinajstić information content (AvgIpc) is 2.36. The minimum Gasteiger partial charge on any atom is -0.352 e. The molecular weight excluding hydrogens is 228 g/mol. The first-order chi connectivity index (χ1) is 8.66. The number of nitrogens with zero attached hydrogens (tertiary/aromatic N) is 3. The third-order valence-corrected chi connectivity index (χ3v) is 2.88. The van der Waals surface area contributed by atoms with Crippen molar-refractivity contribution in [2.45, 2.75) is 26.7 Å². The van der Waals surface area contributed by atoms with E-state index in [9.17, 15) is 4.79 Å². The standard InChI is InChI=1S/C13H18N4O/c1-10-6-5-7-12(11(10)2)13(18)15-8-3-4-9-16-17-14/h5-7H,3-4,8-9H2,1-2H3,(H,15,18). The molecule has 0 saturated carbocycles. The monoisotopic (exact) mass is 246 g/mol. The fourth-order valence-corrected chi connectivity index (χ4v) is 1.65. The Morgan fingerprint density at radius 2 is 2.17 bits per heavy atom. The Hall–Kier alpha value is -2.00. The summed E-state index contributed by atoms with van der Waals surface area (Å²) in [5, 5.41) is 6.31. The number of nitrogens with one attached hydrogen (secondary N) is 1. The Bertz CT molecular complexity index is 464. The van der Waals surface area contributed by atoms with Crippen molar-refractivity contribution in [2.75, 3.05) is 13.1 Å². The SMILES string of the molecule is Cc1cccc(C(=O)NCCCCN=[N+]=[N-])c1C. The number of benzene rings is 1. The molecule has 5 heteroatoms. The number of hydrogen-bond donors (Lipinski definition) is 1. The number of carbonyl (C=O) groups is 1. The molecule has 1 aromatic carbocycles. The lowest BCUT2D eigenvalue weighted by Crippen LogP contribution is -2.25. The van der Waals surface area contributed by atoms with Crippen LogP contribution in [-0.4, -0.2) is 19.0 Å². The zero-order chi connectivity index (χ0) is 13.4. The Morgan fingerprint density at radius 1 is 1.39 bits per heavy atom. The van der Waals surface area contributed by atoms with E-state index in [2.05, 4.69) is 15.3 Å². The van der Waals surface area contributed by atoms with Crippen LogP contribution < -0.4 is 5.32 Å². The summed E-state index contributed by atoms with van der Waals surface area (Å²) in [5.74, 6) is -0.0417. The first kappa shape index (κ1) is 14.1. The van der Waals surface area contributed by atoms with E-state index < -0.39 is 0 Å². The molecule has 1 aromatic rings. The first-order valence-corrected chi connectivity index (χ1v) is 6.02. The predicted molar refractivity (Wildman–Crippen MR) is 71.5 cm³/mol. The molecule has 0 aliphatic rings. The normalized spacial score (nSPS) is 9.67. The molecule has 96 valence electrons. The lowest BCUT2D eigenvalue weighted by atomic mass is 10.0. The summed E-state index contributed by atoms with van der Waals surface area (Å²) < 4.78 is 0. The van der Waals surface area contributed by atoms with Crippen molar-refractivity contribution in [3.8, 4) is 0 Å². The van der Waals surface area contributed by atoms with Crippen molar-refractivity contribution in [1.29, 1.82) is 0 Å². The Morgan fingerprint density at radius 3 is 2.89 bits per heavy atom. The highest BCUT2D eigenvalue weighted by molar-refractivity contribution is 5.95. The predicted octanol–water partition coefficient (Wildman–Crippen LogP) is 3.12. The molecule has 0 aromatic heterocycles. The Kier molecular flexibility index (Phi) is 5.74. The second kappa shape index (κ2) is 7.35. The number of rotatable bonds is 6. The molecule has 1 amide bonds. The number of unbranched alkanes of at least 4 members (excludes halogenated alkanes) is 1. The highest BCUT2D eigenvalue weighted by Gasteiger charge is 2.08. The van der Waals surface area contributed by atoms with Gasteiger partial charge in [-0.15, -0.1) is 0 Å². The van der Waals surface area contributed by atoms with Crippen LogP contribution in [0.25, 0.3) is 10.4 Å². The van der Waals surface area contributed by atoms with Crippen molar-refractivity contribution < 1.29 is 4.79 Å². The van der Waals surface area contributed by atoms with Gasteiger partial charge in [0.1, 0.15) is 0 Å². The molecule has 0 unspecified atom stereocenters. The van der Waals surface area contributed by atoms with Crippen molar-refractivity contribution in [2.24, 2.45) is 5.11 Å². The molecule has 1 N–H and O–H groups in total. The van der Waals surface area contributed by atoms with Crippen LogP contribution in [0, 0.1) is 13.8 Å². The maximum atomic E-state index is 11.9. The molecule has 18 heavy (non-hydrogen) atoms. The van der Waals surface area contributed by atoms with Gasteiger partial charge in [0.2, 0.25) is 0 Å². The molecule has 0 saturated heterocycles. The summed E-state index contributed by atoms with van der Waals surface area (Å²) in [6, 6.07) is 5.71. The summed E-state index contributed by atoms with van der Waals surface area (Å²) in [6.07, 6.45) is 1.60. The minimum atomic E-state index is -0.0417. The fraction of sp³-hybridized carbons (Fsp3) is 0.462. The number of hydrogen-bond acceptors (Lipinski definition) is 2. The summed E-state index contributed by atoms with van der Waals surface area (Å²) in [4.78, 5) is 14.6. The molecule has 0 fully saturated rings. The van der Waals surface area contributed by atoms with Gasteiger partial charge in [-0.05, 0) is 49.4 Å². The van der Waals surface area contributed by atoms with Gasteiger partial charge in [0.15, 0.2) is 0 Å². The number of azide groups is 1. The van der Waals surface area contributed by atoms with E-state index in [4.69, 9.17) is 5.53 Å². The maximum absolute atomic E-state index is 11.9. The van der Waals surface area contributed by atoms with Crippen LogP contribution in [0.3, 0.4) is 0 Å². The van der Waals surface area contributed by atoms with Crippen molar-refractivity contribution in [3.63, 3.8) is 0 Å². The van der Waals surface area contributed by atoms with Crippen LogP contribution in [0.2, 0.25) is 0 Å². The molecular formula is C13H18N4O. The average molecular weight is 246 g/mol. The number of amides is 1. The molecule has 0 spiro atoms. The van der Waals surface area contributed by atoms with E-state index in [0.29, 0.717) is 13.1 Å². The molecule has 0 radical (unpaired) electrons. The Labute approximate surface area is 107 Å². The lowest BCUT2D eigenvalue weighted by Gasteiger charge is -2.09. The van der Waals surface area contributed by atoms with Gasteiger partial charge in [-0.2, -0.15) is 0 Å². The van der Waals surface area contributed by atoms with Gasteiger partial charge < -0.3 is 5.32 Å². The second-order valence-corrected chi connectivity index (χ2v) is 4.16. The van der Waals surface area contributed by atoms with E-state index in [1.807, 2.05) is 32.0 Å². The topological polar surface area (TPSA) is 77.9 Å². The fourth-order valence-electron chi connectivity index (χ4n) is 1.65. The van der Waals surface area contributed by atoms with Crippen molar-refractivity contribution in [3.05, 3.63) is 45.3 Å². The van der Waals surface area contributed by atoms with Crippen molar-refractivity contribution >= 4 is 5.91 Å². The van der Waals surface area contributed by atoms with E-state index >= 15 is 0 Å². The van der Waals surface area contributed by atoms with E-state index in [0.717, 1.165) is 29.5 Å². The lowest BCUT2D eigenvalue weighted by molar-refractivity contribution is 0.0952. The minimum absolute atomic E-state index is 0.0417. The number of aryl methyl sites for hydroxylation is 1. The van der Waals surface area contributed by atoms with Gasteiger partial charge >= 0.3 is 0 Å². The van der Waals surface area contributed by atoms with Gasteiger partial charge in [0.05, 0.1) is 0 Å². The van der Waals surface area contributed by atoms with E-state index in [-0.39, 0.29) is 5.91 Å². The maximum Gasteiger partial charge on any atom is 0.251 e. The van der Waals surface area contributed by atoms with Gasteiger partial charge in [-0.25, -0.2) is 0 Å². The summed E-state index contributed by atoms with van der Waals surface area (Å²) in [6.45, 7) is 5.03. The van der Waals surface area contributed by atoms with Crippen molar-refractivity contribution in [1.82, 2.24) is 5.32 Å². The zero-order valence-electron chi connectivity index (χ0n) is 10.8. The van der Waals surface area contributed by atoms with Crippen LogP contribution in [0.5, 0.6) is 0 Å². The highest BCUT2D eigenvalue weighted by atomic mass is 16.1. The van der Waals surface area contributed by atoms with Crippen LogP contribution >= 0.6 is 0 Å². The smallest absolute Gasteiger partial charge is 0.251 e. The molecule has 0 atom stereocenters. The van der Waals surface area contributed by atoms with Gasteiger partial charge in [-0.3, -0.25) is 4.79 Å². The third-order valence-electron chi connectivity index (χ3n) is 2.88. The van der Waals surface area contributed by atoms with Gasteiger partial charge in [0.25, 0.3) is 5.91 Å². The van der Waals surface area contributed by atoms with Gasteiger partial charge in [-0.1, -0.05) is 17.2 Å². The van der Waals surface area contributed by atoms with Crippen LogP contribution in [0.1, 0.15) is 34.3 Å². The van der Waals surface area contributed by atoms with Crippen LogP contribution in [0.15, 0.2) is 23.3 Å². The largest absolute Gasteiger partial charge is 0.352 e. The van der Waals surface area contributed by atoms with Crippen LogP contribution in [-0.2, 0) is 0 Å². The molecule has 0 aliphatic carbocycles. The summed E-state index contributed by atoms with van der Waals surface area (Å²) in [7, 11) is 0. The first-order valence-electron chi connectivity index (χ1n) is 6.02. The molecule has 0 heterocycles. The third kappa shape index (κ3) is 4.11.